The van der Waals surface area contributed by atoms with Crippen LogP contribution in [0.1, 0.15) is 23.1 Å². The Labute approximate surface area is 60.5 Å². The number of ketones is 1. The summed E-state index contributed by atoms with van der Waals surface area (Å²) in [5, 5.41) is 0. The van der Waals surface area contributed by atoms with Crippen LogP contribution in [0.15, 0.2) is 12.1 Å². The molecule has 0 spiro atoms. The van der Waals surface area contributed by atoms with Gasteiger partial charge in [0.1, 0.15) is 0 Å². The van der Waals surface area contributed by atoms with Crippen molar-refractivity contribution in [3.8, 4) is 0 Å². The number of rotatable bonds is 1. The summed E-state index contributed by atoms with van der Waals surface area (Å²) < 4.78 is 1.89. The van der Waals surface area contributed by atoms with E-state index in [1.807, 2.05) is 30.7 Å². The third kappa shape index (κ3) is 0.967. The number of carbonyl (C=O) groups is 1. The Morgan fingerprint density at radius 3 is 2.30 bits per heavy atom. The largest absolute Gasteiger partial charge is 0.346 e. The molecule has 0 aliphatic heterocycles. The maximum absolute atomic E-state index is 10.9. The highest BCUT2D eigenvalue weighted by Crippen LogP contribution is 2.05. The van der Waals surface area contributed by atoms with Crippen molar-refractivity contribution in [2.75, 3.05) is 0 Å². The number of hydrogen-bond donors (Lipinski definition) is 0. The zero-order valence-corrected chi connectivity index (χ0v) is 6.51. The Balaban J connectivity index is 3.17. The summed E-state index contributed by atoms with van der Waals surface area (Å²) in [6.45, 7) is 3.56. The molecule has 1 aromatic heterocycles. The smallest absolute Gasteiger partial charge is 0.176 e. The van der Waals surface area contributed by atoms with Crippen LogP contribution in [-0.2, 0) is 7.05 Å². The number of hydrogen-bond acceptors (Lipinski definition) is 1. The van der Waals surface area contributed by atoms with E-state index in [0.717, 1.165) is 11.4 Å². The first-order valence-corrected chi connectivity index (χ1v) is 3.26. The van der Waals surface area contributed by atoms with Gasteiger partial charge in [0.25, 0.3) is 0 Å². The van der Waals surface area contributed by atoms with Gasteiger partial charge < -0.3 is 4.57 Å². The van der Waals surface area contributed by atoms with Crippen molar-refractivity contribution in [1.29, 1.82) is 0 Å². The molecule has 1 aromatic rings. The summed E-state index contributed by atoms with van der Waals surface area (Å²) in [6, 6.07) is 3.79. The number of carbonyl (C=O) groups excluding carboxylic acids is 1. The van der Waals surface area contributed by atoms with Crippen molar-refractivity contribution in [2.45, 2.75) is 13.8 Å². The van der Waals surface area contributed by atoms with Crippen LogP contribution in [0.4, 0.5) is 0 Å². The van der Waals surface area contributed by atoms with Gasteiger partial charge in [0.2, 0.25) is 0 Å². The minimum atomic E-state index is 0.121. The average molecular weight is 137 g/mol. The fourth-order valence-corrected chi connectivity index (χ4v) is 0.967. The minimum absolute atomic E-state index is 0.121. The molecule has 0 saturated carbocycles. The molecule has 1 heterocycles. The molecule has 0 atom stereocenters. The topological polar surface area (TPSA) is 22.0 Å². The molecule has 0 unspecified atom stereocenters. The van der Waals surface area contributed by atoms with Gasteiger partial charge in [0, 0.05) is 19.7 Å². The van der Waals surface area contributed by atoms with E-state index in [1.165, 1.54) is 0 Å². The second-order valence-corrected chi connectivity index (χ2v) is 2.48. The lowest BCUT2D eigenvalue weighted by molar-refractivity contribution is 0.101. The summed E-state index contributed by atoms with van der Waals surface area (Å²) in [6.07, 6.45) is 0. The number of nitrogens with zero attached hydrogens (tertiary/aromatic N) is 1. The SMILES string of the molecule is CC(=O)c1ccc(C)n1C. The molecule has 0 aliphatic carbocycles. The quantitative estimate of drug-likeness (QED) is 0.538. The molecular weight excluding hydrogens is 126 g/mol. The summed E-state index contributed by atoms with van der Waals surface area (Å²) >= 11 is 0. The summed E-state index contributed by atoms with van der Waals surface area (Å²) in [5.74, 6) is 0.121. The molecule has 1 rings (SSSR count). The zero-order valence-electron chi connectivity index (χ0n) is 6.51. The second-order valence-electron chi connectivity index (χ2n) is 2.48. The second kappa shape index (κ2) is 2.29. The molecule has 0 N–H and O–H groups in total. The maximum atomic E-state index is 10.9. The van der Waals surface area contributed by atoms with Gasteiger partial charge in [-0.05, 0) is 19.1 Å². The van der Waals surface area contributed by atoms with Gasteiger partial charge >= 0.3 is 0 Å². The Kier molecular flexibility index (Phi) is 1.62. The van der Waals surface area contributed by atoms with Crippen molar-refractivity contribution in [3.05, 3.63) is 23.5 Å². The van der Waals surface area contributed by atoms with Gasteiger partial charge in [-0.3, -0.25) is 4.79 Å². The van der Waals surface area contributed by atoms with Crippen LogP contribution in [0.2, 0.25) is 0 Å². The van der Waals surface area contributed by atoms with Gasteiger partial charge in [0.15, 0.2) is 5.78 Å². The summed E-state index contributed by atoms with van der Waals surface area (Å²) in [5.41, 5.74) is 1.89. The first-order chi connectivity index (χ1) is 4.63. The van der Waals surface area contributed by atoms with E-state index in [9.17, 15) is 4.79 Å². The lowest BCUT2D eigenvalue weighted by atomic mass is 10.3. The molecule has 10 heavy (non-hydrogen) atoms. The average Bonchev–Trinajstić information content (AvgIpc) is 2.14. The standard InChI is InChI=1S/C8H11NO/c1-6-4-5-8(7(2)10)9(6)3/h4-5H,1-3H3. The van der Waals surface area contributed by atoms with Gasteiger partial charge in [-0.15, -0.1) is 0 Å². The molecule has 54 valence electrons. The predicted octanol–water partition coefficient (Wildman–Crippen LogP) is 1.54. The summed E-state index contributed by atoms with van der Waals surface area (Å²) in [7, 11) is 1.89. The van der Waals surface area contributed by atoms with E-state index < -0.39 is 0 Å². The van der Waals surface area contributed by atoms with Crippen molar-refractivity contribution in [1.82, 2.24) is 4.57 Å². The van der Waals surface area contributed by atoms with Crippen molar-refractivity contribution in [3.63, 3.8) is 0 Å². The predicted molar refractivity (Wildman–Crippen MR) is 40.2 cm³/mol. The van der Waals surface area contributed by atoms with Gasteiger partial charge in [-0.2, -0.15) is 0 Å². The van der Waals surface area contributed by atoms with Crippen molar-refractivity contribution in [2.24, 2.45) is 7.05 Å². The lowest BCUT2D eigenvalue weighted by Crippen LogP contribution is -2.02. The molecule has 0 fully saturated rings. The van der Waals surface area contributed by atoms with Gasteiger partial charge in [-0.25, -0.2) is 0 Å². The Morgan fingerprint density at radius 1 is 1.50 bits per heavy atom. The molecule has 0 bridgehead atoms. The minimum Gasteiger partial charge on any atom is -0.346 e. The van der Waals surface area contributed by atoms with Crippen LogP contribution in [0.5, 0.6) is 0 Å². The van der Waals surface area contributed by atoms with E-state index >= 15 is 0 Å². The fourth-order valence-electron chi connectivity index (χ4n) is 0.967. The van der Waals surface area contributed by atoms with E-state index in [-0.39, 0.29) is 5.78 Å². The molecule has 2 nitrogen and oxygen atoms in total. The van der Waals surface area contributed by atoms with E-state index in [0.29, 0.717) is 0 Å². The van der Waals surface area contributed by atoms with E-state index in [4.69, 9.17) is 0 Å². The highest BCUT2D eigenvalue weighted by atomic mass is 16.1. The molecule has 2 heteroatoms. The summed E-state index contributed by atoms with van der Waals surface area (Å²) in [4.78, 5) is 10.9. The molecule has 0 radical (unpaired) electrons. The van der Waals surface area contributed by atoms with Gasteiger partial charge in [0.05, 0.1) is 5.69 Å². The monoisotopic (exact) mass is 137 g/mol. The Bertz CT molecular complexity index is 260. The van der Waals surface area contributed by atoms with Crippen molar-refractivity contribution < 1.29 is 4.79 Å². The molecule has 0 saturated heterocycles. The van der Waals surface area contributed by atoms with Crippen LogP contribution >= 0.6 is 0 Å². The van der Waals surface area contributed by atoms with Crippen LogP contribution in [0, 0.1) is 6.92 Å². The van der Waals surface area contributed by atoms with E-state index in [2.05, 4.69) is 0 Å². The van der Waals surface area contributed by atoms with Crippen LogP contribution < -0.4 is 0 Å². The molecular formula is C8H11NO. The first-order valence-electron chi connectivity index (χ1n) is 3.26. The zero-order chi connectivity index (χ0) is 7.72. The highest BCUT2D eigenvalue weighted by molar-refractivity contribution is 5.92. The highest BCUT2D eigenvalue weighted by Gasteiger charge is 2.03. The van der Waals surface area contributed by atoms with Gasteiger partial charge in [-0.1, -0.05) is 0 Å². The molecule has 0 aliphatic rings. The number of aryl methyl sites for hydroxylation is 1. The third-order valence-corrected chi connectivity index (χ3v) is 1.73. The Morgan fingerprint density at radius 2 is 2.10 bits per heavy atom. The molecule has 0 amide bonds. The Hall–Kier alpha value is -1.05. The molecule has 0 aromatic carbocycles. The van der Waals surface area contributed by atoms with Crippen LogP contribution in [0.3, 0.4) is 0 Å². The number of Topliss-reactive ketones (excluding diaryl/α,β-unsaturated/α-hetero) is 1. The van der Waals surface area contributed by atoms with Crippen LogP contribution in [-0.4, -0.2) is 10.4 Å². The normalized spacial score (nSPS) is 9.90. The third-order valence-electron chi connectivity index (χ3n) is 1.73. The van der Waals surface area contributed by atoms with E-state index in [1.54, 1.807) is 6.92 Å². The number of aromatic nitrogens is 1. The fraction of sp³-hybridized carbons (Fsp3) is 0.375. The van der Waals surface area contributed by atoms with Crippen molar-refractivity contribution >= 4 is 5.78 Å². The lowest BCUT2D eigenvalue weighted by Gasteiger charge is -1.99. The maximum Gasteiger partial charge on any atom is 0.176 e. The first kappa shape index (κ1) is 7.06. The van der Waals surface area contributed by atoms with Crippen LogP contribution in [0.25, 0.3) is 0 Å².